The molecule has 1 N–H and O–H groups in total. The van der Waals surface area contributed by atoms with Crippen LogP contribution in [0.3, 0.4) is 0 Å². The van der Waals surface area contributed by atoms with Gasteiger partial charge in [-0.15, -0.1) is 0 Å². The van der Waals surface area contributed by atoms with E-state index in [0.717, 1.165) is 48.5 Å². The second-order valence-corrected chi connectivity index (χ2v) is 7.62. The van der Waals surface area contributed by atoms with Crippen LogP contribution in [-0.2, 0) is 6.42 Å². The Morgan fingerprint density at radius 1 is 1.11 bits per heavy atom. The molecule has 3 heterocycles. The van der Waals surface area contributed by atoms with Gasteiger partial charge in [0.05, 0.1) is 6.26 Å². The van der Waals surface area contributed by atoms with Crippen molar-refractivity contribution in [2.45, 2.75) is 12.8 Å². The number of halogens is 1. The molecular formula is C23H21ClN2O. The molecule has 4 heteroatoms. The van der Waals surface area contributed by atoms with Gasteiger partial charge in [0.25, 0.3) is 0 Å². The number of para-hydroxylation sites is 1. The maximum Gasteiger partial charge on any atom is 0.134 e. The fourth-order valence-electron chi connectivity index (χ4n) is 4.02. The van der Waals surface area contributed by atoms with Gasteiger partial charge in [0.1, 0.15) is 5.58 Å². The van der Waals surface area contributed by atoms with E-state index in [4.69, 9.17) is 16.0 Å². The van der Waals surface area contributed by atoms with Crippen LogP contribution in [0, 0.1) is 0 Å². The van der Waals surface area contributed by atoms with Crippen molar-refractivity contribution < 1.29 is 4.42 Å². The van der Waals surface area contributed by atoms with Crippen LogP contribution < -0.4 is 0 Å². The van der Waals surface area contributed by atoms with E-state index in [1.165, 1.54) is 27.6 Å². The minimum absolute atomic E-state index is 0.759. The van der Waals surface area contributed by atoms with Crippen LogP contribution in [0.4, 0.5) is 0 Å². The van der Waals surface area contributed by atoms with Crippen molar-refractivity contribution in [1.29, 1.82) is 0 Å². The summed E-state index contributed by atoms with van der Waals surface area (Å²) in [5.74, 6) is 0. The van der Waals surface area contributed by atoms with Crippen LogP contribution in [0.15, 0.2) is 65.4 Å². The van der Waals surface area contributed by atoms with Gasteiger partial charge in [0.2, 0.25) is 0 Å². The summed E-state index contributed by atoms with van der Waals surface area (Å²) in [6.45, 7) is 3.10. The summed E-state index contributed by atoms with van der Waals surface area (Å²) < 4.78 is 5.66. The van der Waals surface area contributed by atoms with E-state index in [9.17, 15) is 0 Å². The SMILES string of the molecule is Clc1ccc2occ(CCN3CC=C(c4c[nH]c5ccccc45)CC3)c2c1. The van der Waals surface area contributed by atoms with Crippen LogP contribution in [0.25, 0.3) is 27.4 Å². The van der Waals surface area contributed by atoms with E-state index in [1.54, 1.807) is 0 Å². The first kappa shape index (κ1) is 16.7. The molecule has 2 aromatic heterocycles. The number of hydrogen-bond donors (Lipinski definition) is 1. The molecule has 0 unspecified atom stereocenters. The first-order valence-corrected chi connectivity index (χ1v) is 9.79. The topological polar surface area (TPSA) is 32.2 Å². The van der Waals surface area contributed by atoms with Gasteiger partial charge < -0.3 is 9.40 Å². The molecule has 0 bridgehead atoms. The number of benzene rings is 2. The number of hydrogen-bond acceptors (Lipinski definition) is 2. The fraction of sp³-hybridized carbons (Fsp3) is 0.217. The molecule has 2 aromatic carbocycles. The van der Waals surface area contributed by atoms with Crippen LogP contribution in [0.2, 0.25) is 5.02 Å². The molecule has 0 atom stereocenters. The minimum Gasteiger partial charge on any atom is -0.464 e. The number of rotatable bonds is 4. The molecular weight excluding hydrogens is 356 g/mol. The molecule has 0 saturated heterocycles. The van der Waals surface area contributed by atoms with Crippen LogP contribution in [0.1, 0.15) is 17.5 Å². The zero-order chi connectivity index (χ0) is 18.2. The summed E-state index contributed by atoms with van der Waals surface area (Å²) in [4.78, 5) is 5.89. The number of furan rings is 1. The van der Waals surface area contributed by atoms with Crippen LogP contribution in [0.5, 0.6) is 0 Å². The van der Waals surface area contributed by atoms with Crippen molar-refractivity contribution in [3.8, 4) is 0 Å². The molecule has 27 heavy (non-hydrogen) atoms. The lowest BCUT2D eigenvalue weighted by atomic mass is 9.98. The Balaban J connectivity index is 1.28. The van der Waals surface area contributed by atoms with E-state index < -0.39 is 0 Å². The largest absolute Gasteiger partial charge is 0.464 e. The monoisotopic (exact) mass is 376 g/mol. The third-order valence-electron chi connectivity index (χ3n) is 5.54. The summed E-state index contributed by atoms with van der Waals surface area (Å²) in [5, 5.41) is 3.21. The Hall–Kier alpha value is -2.49. The molecule has 1 aliphatic heterocycles. The summed E-state index contributed by atoms with van der Waals surface area (Å²) >= 11 is 6.14. The summed E-state index contributed by atoms with van der Waals surface area (Å²) in [7, 11) is 0. The van der Waals surface area contributed by atoms with Crippen LogP contribution >= 0.6 is 11.6 Å². The van der Waals surface area contributed by atoms with Crippen molar-refractivity contribution in [3.63, 3.8) is 0 Å². The molecule has 0 saturated carbocycles. The van der Waals surface area contributed by atoms with Crippen LogP contribution in [-0.4, -0.2) is 29.5 Å². The highest BCUT2D eigenvalue weighted by atomic mass is 35.5. The van der Waals surface area contributed by atoms with E-state index in [1.807, 2.05) is 24.5 Å². The van der Waals surface area contributed by atoms with Gasteiger partial charge in [-0.1, -0.05) is 35.9 Å². The summed E-state index contributed by atoms with van der Waals surface area (Å²) in [6.07, 6.45) is 8.46. The molecule has 136 valence electrons. The van der Waals surface area contributed by atoms with Gasteiger partial charge in [0, 0.05) is 52.7 Å². The molecule has 5 rings (SSSR count). The number of aromatic nitrogens is 1. The zero-order valence-corrected chi connectivity index (χ0v) is 15.8. The van der Waals surface area contributed by atoms with E-state index in [0.29, 0.717) is 0 Å². The predicted molar refractivity (Wildman–Crippen MR) is 112 cm³/mol. The molecule has 0 radical (unpaired) electrons. The lowest BCUT2D eigenvalue weighted by Crippen LogP contribution is -2.30. The molecule has 4 aromatic rings. The third kappa shape index (κ3) is 3.18. The third-order valence-corrected chi connectivity index (χ3v) is 5.78. The second kappa shape index (κ2) is 6.91. The van der Waals surface area contributed by atoms with E-state index in [-0.39, 0.29) is 0 Å². The zero-order valence-electron chi connectivity index (χ0n) is 15.0. The van der Waals surface area contributed by atoms with Gasteiger partial charge >= 0.3 is 0 Å². The number of fused-ring (bicyclic) bond motifs is 2. The van der Waals surface area contributed by atoms with Crippen molar-refractivity contribution in [1.82, 2.24) is 9.88 Å². The van der Waals surface area contributed by atoms with Gasteiger partial charge in [-0.05, 0) is 48.2 Å². The van der Waals surface area contributed by atoms with Gasteiger partial charge in [0.15, 0.2) is 0 Å². The smallest absolute Gasteiger partial charge is 0.134 e. The van der Waals surface area contributed by atoms with Crippen molar-refractivity contribution in [3.05, 3.63) is 77.2 Å². The maximum atomic E-state index is 6.14. The Kier molecular flexibility index (Phi) is 4.27. The minimum atomic E-state index is 0.759. The first-order chi connectivity index (χ1) is 13.3. The van der Waals surface area contributed by atoms with Gasteiger partial charge in [-0.2, -0.15) is 0 Å². The average molecular weight is 377 g/mol. The molecule has 0 spiro atoms. The molecule has 0 fully saturated rings. The molecule has 3 nitrogen and oxygen atoms in total. The van der Waals surface area contributed by atoms with Crippen molar-refractivity contribution in [2.24, 2.45) is 0 Å². The number of nitrogens with zero attached hydrogens (tertiary/aromatic N) is 1. The quantitative estimate of drug-likeness (QED) is 0.481. The van der Waals surface area contributed by atoms with E-state index >= 15 is 0 Å². The molecule has 0 aliphatic carbocycles. The Labute approximate surface area is 163 Å². The lowest BCUT2D eigenvalue weighted by Gasteiger charge is -2.26. The Morgan fingerprint density at radius 3 is 2.93 bits per heavy atom. The standard InChI is InChI=1S/C23H21ClN2O/c24-18-5-6-23-20(13-18)17(15-27-23)9-12-26-10-7-16(8-11-26)21-14-25-22-4-2-1-3-19(21)22/h1-7,13-15,25H,8-12H2. The predicted octanol–water partition coefficient (Wildman–Crippen LogP) is 5.90. The second-order valence-electron chi connectivity index (χ2n) is 7.18. The molecule has 0 amide bonds. The van der Waals surface area contributed by atoms with E-state index in [2.05, 4.69) is 46.4 Å². The maximum absolute atomic E-state index is 6.14. The average Bonchev–Trinajstić information content (AvgIpc) is 3.31. The molecule has 1 aliphatic rings. The fourth-order valence-corrected chi connectivity index (χ4v) is 4.19. The Morgan fingerprint density at radius 2 is 2.04 bits per heavy atom. The normalized spacial score (nSPS) is 15.5. The number of aromatic amines is 1. The Bertz CT molecular complexity index is 1140. The van der Waals surface area contributed by atoms with Crippen molar-refractivity contribution in [2.75, 3.05) is 19.6 Å². The first-order valence-electron chi connectivity index (χ1n) is 9.41. The number of nitrogens with one attached hydrogen (secondary N) is 1. The highest BCUT2D eigenvalue weighted by molar-refractivity contribution is 6.31. The highest BCUT2D eigenvalue weighted by Gasteiger charge is 2.16. The highest BCUT2D eigenvalue weighted by Crippen LogP contribution is 2.29. The lowest BCUT2D eigenvalue weighted by molar-refractivity contribution is 0.306. The summed E-state index contributed by atoms with van der Waals surface area (Å²) in [6, 6.07) is 14.3. The van der Waals surface area contributed by atoms with Gasteiger partial charge in [-0.25, -0.2) is 0 Å². The van der Waals surface area contributed by atoms with Gasteiger partial charge in [-0.3, -0.25) is 4.90 Å². The summed E-state index contributed by atoms with van der Waals surface area (Å²) in [5.41, 5.74) is 6.15. The van der Waals surface area contributed by atoms with Crippen molar-refractivity contribution >= 4 is 39.0 Å². The number of H-pyrrole nitrogens is 1.